The molecule has 1 unspecified atom stereocenters. The van der Waals surface area contributed by atoms with Gasteiger partial charge in [-0.2, -0.15) is 0 Å². The van der Waals surface area contributed by atoms with E-state index in [1.165, 1.54) is 0 Å². The van der Waals surface area contributed by atoms with Crippen molar-refractivity contribution in [1.29, 1.82) is 0 Å². The quantitative estimate of drug-likeness (QED) is 0.809. The molecule has 0 saturated heterocycles. The van der Waals surface area contributed by atoms with Crippen LogP contribution in [-0.4, -0.2) is 26.0 Å². The second-order valence-corrected chi connectivity index (χ2v) is 4.21. The maximum Gasteiger partial charge on any atom is 0.221 e. The van der Waals surface area contributed by atoms with Crippen molar-refractivity contribution in [3.8, 4) is 11.5 Å². The third kappa shape index (κ3) is 3.81. The van der Waals surface area contributed by atoms with Gasteiger partial charge < -0.3 is 14.8 Å². The highest BCUT2D eigenvalue weighted by Gasteiger charge is 2.14. The molecule has 0 aromatic heterocycles. The number of hydrogen-bond acceptors (Lipinski definition) is 3. The highest BCUT2D eigenvalue weighted by atomic mass is 35.5. The van der Waals surface area contributed by atoms with E-state index in [0.717, 1.165) is 11.3 Å². The van der Waals surface area contributed by atoms with Crippen molar-refractivity contribution in [3.63, 3.8) is 0 Å². The van der Waals surface area contributed by atoms with Crippen molar-refractivity contribution >= 4 is 17.5 Å². The molecule has 4 nitrogen and oxygen atoms in total. The first-order valence-electron chi connectivity index (χ1n) is 5.69. The Morgan fingerprint density at radius 3 is 2.67 bits per heavy atom. The monoisotopic (exact) mass is 271 g/mol. The summed E-state index contributed by atoms with van der Waals surface area (Å²) >= 11 is 5.52. The van der Waals surface area contributed by atoms with E-state index in [-0.39, 0.29) is 11.9 Å². The fourth-order valence-electron chi connectivity index (χ4n) is 1.65. The molecule has 0 heterocycles. The number of ether oxygens (including phenoxy) is 2. The molecule has 0 spiro atoms. The summed E-state index contributed by atoms with van der Waals surface area (Å²) in [5.41, 5.74) is 0.904. The molecule has 100 valence electrons. The minimum absolute atomic E-state index is 0.0737. The van der Waals surface area contributed by atoms with Gasteiger partial charge in [0.25, 0.3) is 0 Å². The van der Waals surface area contributed by atoms with E-state index in [1.807, 2.05) is 19.1 Å². The maximum absolute atomic E-state index is 11.5. The standard InChI is InChI=1S/C13H18ClNO3/c1-9(15-13(16)6-7-14)11-5-4-10(17-2)8-12(11)18-3/h4-5,8-9H,6-7H2,1-3H3,(H,15,16). The first-order chi connectivity index (χ1) is 8.62. The van der Waals surface area contributed by atoms with Gasteiger partial charge in [-0.25, -0.2) is 0 Å². The van der Waals surface area contributed by atoms with Crippen molar-refractivity contribution in [1.82, 2.24) is 5.32 Å². The second kappa shape index (κ2) is 7.11. The molecular weight excluding hydrogens is 254 g/mol. The second-order valence-electron chi connectivity index (χ2n) is 3.84. The first-order valence-corrected chi connectivity index (χ1v) is 6.23. The molecular formula is C13H18ClNO3. The van der Waals surface area contributed by atoms with Gasteiger partial charge in [0.2, 0.25) is 5.91 Å². The highest BCUT2D eigenvalue weighted by molar-refractivity contribution is 6.18. The summed E-state index contributed by atoms with van der Waals surface area (Å²) in [6.07, 6.45) is 0.310. The number of carbonyl (C=O) groups excluding carboxylic acids is 1. The molecule has 1 N–H and O–H groups in total. The van der Waals surface area contributed by atoms with Crippen molar-refractivity contribution in [2.75, 3.05) is 20.1 Å². The molecule has 1 amide bonds. The van der Waals surface area contributed by atoms with E-state index in [4.69, 9.17) is 21.1 Å². The van der Waals surface area contributed by atoms with Gasteiger partial charge in [0.05, 0.1) is 20.3 Å². The zero-order chi connectivity index (χ0) is 13.5. The van der Waals surface area contributed by atoms with Gasteiger partial charge in [-0.05, 0) is 19.1 Å². The van der Waals surface area contributed by atoms with Gasteiger partial charge in [0, 0.05) is 23.9 Å². The number of hydrogen-bond donors (Lipinski definition) is 1. The van der Waals surface area contributed by atoms with Crippen LogP contribution in [0.4, 0.5) is 0 Å². The third-order valence-corrected chi connectivity index (χ3v) is 2.80. The summed E-state index contributed by atoms with van der Waals surface area (Å²) in [5.74, 6) is 1.65. The van der Waals surface area contributed by atoms with Crippen LogP contribution in [-0.2, 0) is 4.79 Å². The molecule has 0 saturated carbocycles. The van der Waals surface area contributed by atoms with Gasteiger partial charge in [0.15, 0.2) is 0 Å². The molecule has 1 aromatic carbocycles. The van der Waals surface area contributed by atoms with E-state index in [1.54, 1.807) is 20.3 Å². The number of amides is 1. The minimum atomic E-state index is -0.137. The third-order valence-electron chi connectivity index (χ3n) is 2.61. The largest absolute Gasteiger partial charge is 0.497 e. The Kier molecular flexibility index (Phi) is 5.78. The topological polar surface area (TPSA) is 47.6 Å². The molecule has 0 fully saturated rings. The van der Waals surface area contributed by atoms with Gasteiger partial charge >= 0.3 is 0 Å². The van der Waals surface area contributed by atoms with E-state index < -0.39 is 0 Å². The smallest absolute Gasteiger partial charge is 0.221 e. The first kappa shape index (κ1) is 14.6. The fourth-order valence-corrected chi connectivity index (χ4v) is 1.83. The van der Waals surface area contributed by atoms with Crippen LogP contribution in [0.15, 0.2) is 18.2 Å². The van der Waals surface area contributed by atoms with E-state index in [0.29, 0.717) is 18.1 Å². The Labute approximate surface area is 112 Å². The minimum Gasteiger partial charge on any atom is -0.497 e. The Morgan fingerprint density at radius 2 is 2.11 bits per heavy atom. The van der Waals surface area contributed by atoms with E-state index >= 15 is 0 Å². The lowest BCUT2D eigenvalue weighted by Gasteiger charge is -2.17. The Morgan fingerprint density at radius 1 is 1.39 bits per heavy atom. The molecule has 0 bridgehead atoms. The molecule has 0 radical (unpaired) electrons. The van der Waals surface area contributed by atoms with Crippen LogP contribution in [0.3, 0.4) is 0 Å². The van der Waals surface area contributed by atoms with Crippen molar-refractivity contribution in [3.05, 3.63) is 23.8 Å². The maximum atomic E-state index is 11.5. The molecule has 1 rings (SSSR count). The van der Waals surface area contributed by atoms with Crippen LogP contribution in [0.5, 0.6) is 11.5 Å². The van der Waals surface area contributed by atoms with Crippen LogP contribution >= 0.6 is 11.6 Å². The summed E-state index contributed by atoms with van der Waals surface area (Å²) in [7, 11) is 3.19. The average molecular weight is 272 g/mol. The summed E-state index contributed by atoms with van der Waals surface area (Å²) < 4.78 is 10.4. The van der Waals surface area contributed by atoms with Crippen molar-refractivity contribution in [2.45, 2.75) is 19.4 Å². The normalized spacial score (nSPS) is 11.8. The lowest BCUT2D eigenvalue weighted by Crippen LogP contribution is -2.26. The number of rotatable bonds is 6. The van der Waals surface area contributed by atoms with Crippen molar-refractivity contribution < 1.29 is 14.3 Å². The number of benzene rings is 1. The van der Waals surface area contributed by atoms with Crippen LogP contribution in [0, 0.1) is 0 Å². The van der Waals surface area contributed by atoms with Crippen LogP contribution < -0.4 is 14.8 Å². The van der Waals surface area contributed by atoms with E-state index in [2.05, 4.69) is 5.32 Å². The molecule has 0 aliphatic heterocycles. The molecule has 18 heavy (non-hydrogen) atoms. The Balaban J connectivity index is 2.84. The summed E-state index contributed by atoms with van der Waals surface area (Å²) in [6, 6.07) is 5.37. The Hall–Kier alpha value is -1.42. The molecule has 0 aliphatic rings. The van der Waals surface area contributed by atoms with Gasteiger partial charge in [-0.3, -0.25) is 4.79 Å². The summed E-state index contributed by atoms with van der Waals surface area (Å²) in [5, 5.41) is 2.87. The van der Waals surface area contributed by atoms with Gasteiger partial charge in [-0.15, -0.1) is 11.6 Å². The predicted molar refractivity (Wildman–Crippen MR) is 71.4 cm³/mol. The molecule has 0 aliphatic carbocycles. The van der Waals surface area contributed by atoms with Crippen LogP contribution in [0.25, 0.3) is 0 Å². The SMILES string of the molecule is COc1ccc(C(C)NC(=O)CCCl)c(OC)c1. The number of nitrogens with one attached hydrogen (secondary N) is 1. The molecule has 1 aromatic rings. The number of halogens is 1. The van der Waals surface area contributed by atoms with E-state index in [9.17, 15) is 4.79 Å². The van der Waals surface area contributed by atoms with Crippen molar-refractivity contribution in [2.24, 2.45) is 0 Å². The number of methoxy groups -OCH3 is 2. The number of alkyl halides is 1. The summed E-state index contributed by atoms with van der Waals surface area (Å²) in [4.78, 5) is 11.5. The zero-order valence-electron chi connectivity index (χ0n) is 10.8. The lowest BCUT2D eigenvalue weighted by atomic mass is 10.1. The van der Waals surface area contributed by atoms with Crippen LogP contribution in [0.1, 0.15) is 24.9 Å². The number of carbonyl (C=O) groups is 1. The van der Waals surface area contributed by atoms with Gasteiger partial charge in [0.1, 0.15) is 11.5 Å². The average Bonchev–Trinajstić information content (AvgIpc) is 2.38. The van der Waals surface area contributed by atoms with Gasteiger partial charge in [-0.1, -0.05) is 0 Å². The highest BCUT2D eigenvalue weighted by Crippen LogP contribution is 2.29. The molecule has 5 heteroatoms. The zero-order valence-corrected chi connectivity index (χ0v) is 11.6. The molecule has 1 atom stereocenters. The fraction of sp³-hybridized carbons (Fsp3) is 0.462. The lowest BCUT2D eigenvalue weighted by molar-refractivity contribution is -0.121. The van der Waals surface area contributed by atoms with Crippen LogP contribution in [0.2, 0.25) is 0 Å². The summed E-state index contributed by atoms with van der Waals surface area (Å²) in [6.45, 7) is 1.90. The Bertz CT molecular complexity index is 409. The predicted octanol–water partition coefficient (Wildman–Crippen LogP) is 2.51.